The Morgan fingerprint density at radius 3 is 1.54 bits per heavy atom. The van der Waals surface area contributed by atoms with Crippen LogP contribution in [-0.2, 0) is 9.59 Å². The SMILES string of the molecule is CC.CC(=O)C(C)CC(C)C.CC(C)=O.CCC(C)c1ccc(Cl)cc1. The van der Waals surface area contributed by atoms with Gasteiger partial charge in [-0.2, -0.15) is 0 Å². The van der Waals surface area contributed by atoms with Crippen LogP contribution in [0.5, 0.6) is 0 Å². The highest BCUT2D eigenvalue weighted by atomic mass is 35.5. The number of carbonyl (C=O) groups excluding carboxylic acids is 2. The highest BCUT2D eigenvalue weighted by Crippen LogP contribution is 2.20. The van der Waals surface area contributed by atoms with E-state index in [4.69, 9.17) is 11.6 Å². The van der Waals surface area contributed by atoms with Gasteiger partial charge in [-0.05, 0) is 63.1 Å². The Morgan fingerprint density at radius 1 is 0.923 bits per heavy atom. The summed E-state index contributed by atoms with van der Waals surface area (Å²) in [5.74, 6) is 2.02. The summed E-state index contributed by atoms with van der Waals surface area (Å²) < 4.78 is 0. The molecule has 26 heavy (non-hydrogen) atoms. The molecule has 0 radical (unpaired) electrons. The number of Topliss-reactive ketones (excluding diaryl/α,β-unsaturated/α-hetero) is 2. The van der Waals surface area contributed by atoms with E-state index in [0.717, 1.165) is 11.4 Å². The second-order valence-electron chi connectivity index (χ2n) is 6.91. The summed E-state index contributed by atoms with van der Waals surface area (Å²) in [5, 5.41) is 0.817. The summed E-state index contributed by atoms with van der Waals surface area (Å²) in [6, 6.07) is 8.08. The van der Waals surface area contributed by atoms with E-state index < -0.39 is 0 Å². The van der Waals surface area contributed by atoms with Crippen LogP contribution in [0.3, 0.4) is 0 Å². The molecule has 0 heterocycles. The van der Waals surface area contributed by atoms with Crippen molar-refractivity contribution in [2.24, 2.45) is 11.8 Å². The normalized spacial score (nSPS) is 11.5. The van der Waals surface area contributed by atoms with Crippen molar-refractivity contribution >= 4 is 23.2 Å². The van der Waals surface area contributed by atoms with Crippen molar-refractivity contribution in [3.63, 3.8) is 0 Å². The third-order valence-corrected chi connectivity index (χ3v) is 3.82. The lowest BCUT2D eigenvalue weighted by atomic mass is 9.96. The molecule has 0 bridgehead atoms. The minimum absolute atomic E-state index is 0.167. The quantitative estimate of drug-likeness (QED) is 0.520. The Kier molecular flexibility index (Phi) is 21.2. The van der Waals surface area contributed by atoms with Crippen LogP contribution in [0.25, 0.3) is 0 Å². The molecule has 2 unspecified atom stereocenters. The van der Waals surface area contributed by atoms with Crippen molar-refractivity contribution in [2.45, 2.75) is 88.0 Å². The van der Waals surface area contributed by atoms with E-state index in [-0.39, 0.29) is 11.7 Å². The van der Waals surface area contributed by atoms with Crippen LogP contribution >= 0.6 is 11.6 Å². The smallest absolute Gasteiger partial charge is 0.132 e. The molecule has 0 spiro atoms. The van der Waals surface area contributed by atoms with Crippen molar-refractivity contribution in [2.75, 3.05) is 0 Å². The van der Waals surface area contributed by atoms with E-state index in [1.165, 1.54) is 25.8 Å². The number of benzene rings is 1. The minimum Gasteiger partial charge on any atom is -0.300 e. The maximum Gasteiger partial charge on any atom is 0.132 e. The van der Waals surface area contributed by atoms with Crippen LogP contribution in [0.15, 0.2) is 24.3 Å². The molecule has 0 aliphatic heterocycles. The van der Waals surface area contributed by atoms with Crippen molar-refractivity contribution in [3.8, 4) is 0 Å². The number of halogens is 1. The van der Waals surface area contributed by atoms with Crippen LogP contribution in [-0.4, -0.2) is 11.6 Å². The van der Waals surface area contributed by atoms with Gasteiger partial charge in [-0.1, -0.05) is 72.2 Å². The topological polar surface area (TPSA) is 34.1 Å². The lowest BCUT2D eigenvalue weighted by molar-refractivity contribution is -0.120. The molecule has 0 saturated carbocycles. The molecule has 0 N–H and O–H groups in total. The molecule has 0 amide bonds. The van der Waals surface area contributed by atoms with Gasteiger partial charge in [-0.25, -0.2) is 0 Å². The summed E-state index contributed by atoms with van der Waals surface area (Å²) in [6.07, 6.45) is 2.21. The molecular formula is C23H41ClO2. The van der Waals surface area contributed by atoms with E-state index in [2.05, 4.69) is 39.8 Å². The third kappa shape index (κ3) is 20.9. The first-order valence-corrected chi connectivity index (χ1v) is 10.1. The van der Waals surface area contributed by atoms with Gasteiger partial charge < -0.3 is 4.79 Å². The Labute approximate surface area is 167 Å². The number of rotatable bonds is 5. The molecule has 1 aromatic carbocycles. The Morgan fingerprint density at radius 2 is 1.31 bits per heavy atom. The van der Waals surface area contributed by atoms with Crippen molar-refractivity contribution in [1.82, 2.24) is 0 Å². The second kappa shape index (κ2) is 18.6. The summed E-state index contributed by atoms with van der Waals surface area (Å²) in [7, 11) is 0. The maximum atomic E-state index is 10.7. The number of hydrogen-bond donors (Lipinski definition) is 0. The van der Waals surface area contributed by atoms with Crippen LogP contribution < -0.4 is 0 Å². The van der Waals surface area contributed by atoms with Gasteiger partial charge >= 0.3 is 0 Å². The molecule has 0 saturated heterocycles. The van der Waals surface area contributed by atoms with Crippen LogP contribution in [0.4, 0.5) is 0 Å². The minimum atomic E-state index is 0.167. The van der Waals surface area contributed by atoms with Gasteiger partial charge in [0.2, 0.25) is 0 Å². The number of hydrogen-bond acceptors (Lipinski definition) is 2. The largest absolute Gasteiger partial charge is 0.300 e. The molecule has 3 heteroatoms. The van der Waals surface area contributed by atoms with Crippen molar-refractivity contribution in [3.05, 3.63) is 34.9 Å². The number of ketones is 2. The van der Waals surface area contributed by atoms with E-state index >= 15 is 0 Å². The average Bonchev–Trinajstić information content (AvgIpc) is 2.56. The summed E-state index contributed by atoms with van der Waals surface area (Å²) >= 11 is 5.76. The molecule has 0 aliphatic carbocycles. The Hall–Kier alpha value is -1.15. The molecule has 152 valence electrons. The molecule has 0 aliphatic rings. The summed E-state index contributed by atoms with van der Waals surface area (Å²) in [6.45, 7) is 19.4. The molecule has 1 aromatic rings. The van der Waals surface area contributed by atoms with Gasteiger partial charge in [0.25, 0.3) is 0 Å². The fourth-order valence-corrected chi connectivity index (χ4v) is 2.03. The van der Waals surface area contributed by atoms with Crippen molar-refractivity contribution in [1.29, 1.82) is 0 Å². The van der Waals surface area contributed by atoms with Gasteiger partial charge in [-0.3, -0.25) is 4.79 Å². The Balaban J connectivity index is -0.000000318. The highest BCUT2D eigenvalue weighted by molar-refractivity contribution is 6.30. The summed E-state index contributed by atoms with van der Waals surface area (Å²) in [5.41, 5.74) is 1.37. The number of carbonyl (C=O) groups is 2. The van der Waals surface area contributed by atoms with Crippen molar-refractivity contribution < 1.29 is 9.59 Å². The van der Waals surface area contributed by atoms with Crippen LogP contribution in [0.2, 0.25) is 5.02 Å². The first kappa shape index (κ1) is 29.6. The predicted molar refractivity (Wildman–Crippen MR) is 117 cm³/mol. The van der Waals surface area contributed by atoms with Crippen LogP contribution in [0, 0.1) is 11.8 Å². The zero-order valence-corrected chi connectivity index (χ0v) is 19.4. The van der Waals surface area contributed by atoms with Gasteiger partial charge in [0.15, 0.2) is 0 Å². The fraction of sp³-hybridized carbons (Fsp3) is 0.652. The highest BCUT2D eigenvalue weighted by Gasteiger charge is 2.08. The zero-order chi connectivity index (χ0) is 21.3. The van der Waals surface area contributed by atoms with E-state index in [9.17, 15) is 9.59 Å². The predicted octanol–water partition coefficient (Wildman–Crippen LogP) is 7.73. The summed E-state index contributed by atoms with van der Waals surface area (Å²) in [4.78, 5) is 20.1. The molecule has 1 rings (SSSR count). The van der Waals surface area contributed by atoms with Gasteiger partial charge in [0, 0.05) is 10.9 Å². The lowest BCUT2D eigenvalue weighted by Gasteiger charge is -2.08. The molecular weight excluding hydrogens is 344 g/mol. The van der Waals surface area contributed by atoms with E-state index in [1.807, 2.05) is 32.9 Å². The lowest BCUT2D eigenvalue weighted by Crippen LogP contribution is -2.08. The first-order valence-electron chi connectivity index (χ1n) is 9.74. The van der Waals surface area contributed by atoms with E-state index in [0.29, 0.717) is 17.6 Å². The Bertz CT molecular complexity index is 460. The maximum absolute atomic E-state index is 10.7. The molecule has 0 aromatic heterocycles. The monoisotopic (exact) mass is 384 g/mol. The standard InChI is InChI=1S/C10H13Cl.C8H16O.C3H6O.C2H6/c1-3-8(2)9-4-6-10(11)7-5-9;1-6(2)5-7(3)8(4)9;1-3(2)4;1-2/h4-8H,3H2,1-2H3;6-7H,5H2,1-4H3;1-2H3;1-2H3. The average molecular weight is 385 g/mol. The molecule has 0 fully saturated rings. The zero-order valence-electron chi connectivity index (χ0n) is 18.7. The fourth-order valence-electron chi connectivity index (χ4n) is 1.90. The van der Waals surface area contributed by atoms with Crippen LogP contribution in [0.1, 0.15) is 93.6 Å². The second-order valence-corrected chi connectivity index (χ2v) is 7.35. The molecule has 2 atom stereocenters. The third-order valence-electron chi connectivity index (χ3n) is 3.57. The first-order chi connectivity index (χ1) is 12.0. The van der Waals surface area contributed by atoms with E-state index in [1.54, 1.807) is 6.92 Å². The van der Waals surface area contributed by atoms with Gasteiger partial charge in [0.1, 0.15) is 11.6 Å². The van der Waals surface area contributed by atoms with Gasteiger partial charge in [0.05, 0.1) is 0 Å². The van der Waals surface area contributed by atoms with Gasteiger partial charge in [-0.15, -0.1) is 0 Å². The molecule has 2 nitrogen and oxygen atoms in total.